The molecule has 1 amide bonds. The van der Waals surface area contributed by atoms with Crippen molar-refractivity contribution in [1.29, 1.82) is 0 Å². The lowest BCUT2D eigenvalue weighted by molar-refractivity contribution is 0.0998. The number of carbonyl (C=O) groups excluding carboxylic acids is 1. The van der Waals surface area contributed by atoms with Gasteiger partial charge in [-0.05, 0) is 36.4 Å². The van der Waals surface area contributed by atoms with Crippen molar-refractivity contribution >= 4 is 34.1 Å². The molecule has 3 aromatic rings. The number of rotatable bonds is 4. The van der Waals surface area contributed by atoms with E-state index in [1.54, 1.807) is 12.3 Å². The molecule has 7 nitrogen and oxygen atoms in total. The first kappa shape index (κ1) is 17.8. The van der Waals surface area contributed by atoms with Gasteiger partial charge in [-0.2, -0.15) is 0 Å². The molecule has 0 unspecified atom stereocenters. The topological polar surface area (TPSA) is 93.4 Å². The van der Waals surface area contributed by atoms with Crippen molar-refractivity contribution in [2.75, 3.05) is 36.5 Å². The monoisotopic (exact) mass is 373 g/mol. The number of primary amides is 1. The number of fused-ring (bicyclic) bond motifs is 1. The molecule has 0 aliphatic carbocycles. The number of carbonyl (C=O) groups is 1. The maximum absolute atomic E-state index is 12.0. The number of hydrogen-bond donors (Lipinski definition) is 2. The van der Waals surface area contributed by atoms with Crippen LogP contribution in [0.2, 0.25) is 0 Å². The zero-order chi connectivity index (χ0) is 19.5. The largest absolute Gasteiger partial charge is 0.378 e. The van der Waals surface area contributed by atoms with E-state index in [1.807, 2.05) is 30.3 Å². The minimum atomic E-state index is -0.480. The van der Waals surface area contributed by atoms with Crippen LogP contribution >= 0.6 is 0 Å². The van der Waals surface area contributed by atoms with E-state index in [2.05, 4.69) is 26.1 Å². The molecular formula is C21H19N5O2. The Morgan fingerprint density at radius 3 is 2.79 bits per heavy atom. The summed E-state index contributed by atoms with van der Waals surface area (Å²) >= 11 is 0. The predicted octanol–water partition coefficient (Wildman–Crippen LogP) is 2.29. The number of terminal acetylenes is 1. The average Bonchev–Trinajstić information content (AvgIpc) is 2.74. The minimum absolute atomic E-state index is 0.426. The zero-order valence-electron chi connectivity index (χ0n) is 15.2. The van der Waals surface area contributed by atoms with E-state index in [1.165, 1.54) is 0 Å². The number of nitrogens with two attached hydrogens (primary N) is 1. The molecule has 1 aliphatic heterocycles. The molecule has 0 spiro atoms. The minimum Gasteiger partial charge on any atom is -0.378 e. The summed E-state index contributed by atoms with van der Waals surface area (Å²) in [7, 11) is 0. The fourth-order valence-corrected chi connectivity index (χ4v) is 3.20. The highest BCUT2D eigenvalue weighted by Crippen LogP contribution is 2.26. The van der Waals surface area contributed by atoms with Gasteiger partial charge in [0.15, 0.2) is 0 Å². The first-order chi connectivity index (χ1) is 13.6. The molecule has 1 aromatic heterocycles. The third-order valence-electron chi connectivity index (χ3n) is 4.62. The summed E-state index contributed by atoms with van der Waals surface area (Å²) < 4.78 is 5.38. The van der Waals surface area contributed by atoms with Gasteiger partial charge in [-0.1, -0.05) is 5.92 Å². The summed E-state index contributed by atoms with van der Waals surface area (Å²) in [5, 5.41) is 4.00. The molecule has 2 aromatic carbocycles. The van der Waals surface area contributed by atoms with Crippen molar-refractivity contribution in [3.05, 3.63) is 53.7 Å². The Labute approximate surface area is 162 Å². The number of aromatic nitrogens is 2. The lowest BCUT2D eigenvalue weighted by Crippen LogP contribution is -2.37. The van der Waals surface area contributed by atoms with E-state index >= 15 is 0 Å². The third-order valence-corrected chi connectivity index (χ3v) is 4.62. The summed E-state index contributed by atoms with van der Waals surface area (Å²) in [6.07, 6.45) is 7.14. The van der Waals surface area contributed by atoms with Gasteiger partial charge in [-0.25, -0.2) is 9.97 Å². The normalized spacial score (nSPS) is 13.9. The van der Waals surface area contributed by atoms with E-state index in [-0.39, 0.29) is 0 Å². The SMILES string of the molecule is C#Cc1ccc2nc(Nc3ccc(N4CCOCC4)c(C(N)=O)c3)ncc2c1. The van der Waals surface area contributed by atoms with Crippen molar-refractivity contribution in [2.24, 2.45) is 5.73 Å². The van der Waals surface area contributed by atoms with E-state index in [0.717, 1.165) is 35.2 Å². The van der Waals surface area contributed by atoms with E-state index in [0.29, 0.717) is 30.4 Å². The first-order valence-corrected chi connectivity index (χ1v) is 8.91. The fraction of sp³-hybridized carbons (Fsp3) is 0.190. The Morgan fingerprint density at radius 2 is 2.04 bits per heavy atom. The second-order valence-corrected chi connectivity index (χ2v) is 6.43. The van der Waals surface area contributed by atoms with Crippen LogP contribution in [0.15, 0.2) is 42.6 Å². The fourth-order valence-electron chi connectivity index (χ4n) is 3.20. The van der Waals surface area contributed by atoms with Gasteiger partial charge >= 0.3 is 0 Å². The Bertz CT molecular complexity index is 1080. The number of amides is 1. The van der Waals surface area contributed by atoms with Crippen molar-refractivity contribution in [1.82, 2.24) is 9.97 Å². The van der Waals surface area contributed by atoms with Crippen LogP contribution in [0.5, 0.6) is 0 Å². The van der Waals surface area contributed by atoms with E-state index in [9.17, 15) is 4.79 Å². The molecule has 0 saturated carbocycles. The van der Waals surface area contributed by atoms with Crippen LogP contribution in [0.3, 0.4) is 0 Å². The van der Waals surface area contributed by atoms with Crippen LogP contribution < -0.4 is 16.0 Å². The van der Waals surface area contributed by atoms with Crippen molar-refractivity contribution in [2.45, 2.75) is 0 Å². The van der Waals surface area contributed by atoms with E-state index < -0.39 is 5.91 Å². The van der Waals surface area contributed by atoms with Crippen molar-refractivity contribution in [3.63, 3.8) is 0 Å². The second kappa shape index (κ2) is 7.55. The second-order valence-electron chi connectivity index (χ2n) is 6.43. The highest BCUT2D eigenvalue weighted by atomic mass is 16.5. The lowest BCUT2D eigenvalue weighted by Gasteiger charge is -2.30. The van der Waals surface area contributed by atoms with Crippen LogP contribution in [0.4, 0.5) is 17.3 Å². The Kier molecular flexibility index (Phi) is 4.79. The van der Waals surface area contributed by atoms with Gasteiger partial charge in [-0.3, -0.25) is 4.79 Å². The quantitative estimate of drug-likeness (QED) is 0.682. The van der Waals surface area contributed by atoms with Gasteiger partial charge in [0.05, 0.1) is 24.3 Å². The van der Waals surface area contributed by atoms with Crippen LogP contribution in [-0.4, -0.2) is 42.2 Å². The van der Waals surface area contributed by atoms with Crippen LogP contribution in [-0.2, 0) is 4.74 Å². The van der Waals surface area contributed by atoms with Crippen molar-refractivity contribution < 1.29 is 9.53 Å². The summed E-state index contributed by atoms with van der Waals surface area (Å²) in [6, 6.07) is 11.0. The summed E-state index contributed by atoms with van der Waals surface area (Å²) in [5.41, 5.74) is 9.11. The predicted molar refractivity (Wildman–Crippen MR) is 109 cm³/mol. The summed E-state index contributed by atoms with van der Waals surface area (Å²) in [6.45, 7) is 2.70. The van der Waals surface area contributed by atoms with Crippen LogP contribution in [0, 0.1) is 12.3 Å². The van der Waals surface area contributed by atoms with Crippen LogP contribution in [0.1, 0.15) is 15.9 Å². The molecule has 0 bridgehead atoms. The van der Waals surface area contributed by atoms with Gasteiger partial charge in [-0.15, -0.1) is 6.42 Å². The van der Waals surface area contributed by atoms with Crippen LogP contribution in [0.25, 0.3) is 10.9 Å². The molecule has 4 rings (SSSR count). The highest BCUT2D eigenvalue weighted by molar-refractivity contribution is 6.00. The molecule has 1 fully saturated rings. The summed E-state index contributed by atoms with van der Waals surface area (Å²) in [4.78, 5) is 22.9. The highest BCUT2D eigenvalue weighted by Gasteiger charge is 2.18. The average molecular weight is 373 g/mol. The number of ether oxygens (including phenoxy) is 1. The maximum atomic E-state index is 12.0. The van der Waals surface area contributed by atoms with E-state index in [4.69, 9.17) is 16.9 Å². The summed E-state index contributed by atoms with van der Waals surface area (Å²) in [5.74, 6) is 2.54. The Morgan fingerprint density at radius 1 is 1.21 bits per heavy atom. The molecule has 0 radical (unpaired) electrons. The molecule has 2 heterocycles. The molecule has 7 heteroatoms. The number of nitrogens with zero attached hydrogens (tertiary/aromatic N) is 3. The van der Waals surface area contributed by atoms with Gasteiger partial charge < -0.3 is 20.7 Å². The number of hydrogen-bond acceptors (Lipinski definition) is 6. The lowest BCUT2D eigenvalue weighted by atomic mass is 10.1. The Hall–Kier alpha value is -3.63. The van der Waals surface area contributed by atoms with Gasteiger partial charge in [0, 0.05) is 41.6 Å². The molecule has 28 heavy (non-hydrogen) atoms. The molecule has 1 saturated heterocycles. The molecule has 140 valence electrons. The third kappa shape index (κ3) is 3.59. The number of anilines is 3. The standard InChI is InChI=1S/C21H19N5O2/c1-2-14-3-5-18-15(11-14)13-23-21(25-18)24-16-4-6-19(17(12-16)20(22)27)26-7-9-28-10-8-26/h1,3-6,11-13H,7-10H2,(H2,22,27)(H,23,24,25). The van der Waals surface area contributed by atoms with Crippen molar-refractivity contribution in [3.8, 4) is 12.3 Å². The smallest absolute Gasteiger partial charge is 0.250 e. The first-order valence-electron chi connectivity index (χ1n) is 8.91. The maximum Gasteiger partial charge on any atom is 0.250 e. The van der Waals surface area contributed by atoms with Gasteiger partial charge in [0.25, 0.3) is 5.91 Å². The van der Waals surface area contributed by atoms with Gasteiger partial charge in [0.2, 0.25) is 5.95 Å². The molecule has 3 N–H and O–H groups in total. The number of morpholine rings is 1. The molecule has 0 atom stereocenters. The number of nitrogens with one attached hydrogen (secondary N) is 1. The zero-order valence-corrected chi connectivity index (χ0v) is 15.2. The molecule has 1 aliphatic rings. The molecular weight excluding hydrogens is 354 g/mol. The van der Waals surface area contributed by atoms with Gasteiger partial charge in [0.1, 0.15) is 0 Å². The number of benzene rings is 2. The Balaban J connectivity index is 1.62.